The van der Waals surface area contributed by atoms with E-state index in [1.807, 2.05) is 0 Å². The average molecular weight is 733 g/mol. The first-order valence-corrected chi connectivity index (χ1v) is 16.1. The van der Waals surface area contributed by atoms with Gasteiger partial charge in [-0.05, 0) is 62.1 Å². The van der Waals surface area contributed by atoms with Crippen LogP contribution in [0.15, 0.2) is 59.5 Å². The summed E-state index contributed by atoms with van der Waals surface area (Å²) in [5.74, 6) is -3.91. The van der Waals surface area contributed by atoms with Gasteiger partial charge >= 0.3 is 11.9 Å². The number of aromatic nitrogens is 4. The molecule has 20 nitrogen and oxygen atoms in total. The maximum atomic E-state index is 12.8. The molecule has 2 aromatic heterocycles. The highest BCUT2D eigenvalue weighted by molar-refractivity contribution is 5.97. The zero-order valence-corrected chi connectivity index (χ0v) is 28.3. The Hall–Kier alpha value is -6.99. The van der Waals surface area contributed by atoms with Gasteiger partial charge in [0.2, 0.25) is 11.9 Å². The molecule has 0 bridgehead atoms. The molecule has 3 amide bonds. The van der Waals surface area contributed by atoms with Crippen LogP contribution in [0.25, 0.3) is 11.2 Å². The number of nitro benzene ring substituents is 1. The fourth-order valence-corrected chi connectivity index (χ4v) is 4.93. The standard InChI is InChI=1S/C33H36N10O10/c1-53-32(50)24(4-2-3-15-35-28(45)18-7-11-22(12-8-18)43(51)52)39-25(44)14-13-23(31(48)49)40-29(46)19-5-9-20(10-6-19)36-16-21-17-37-27-26(38-21)30(47)42-33(34)41-27/h5-12,17,23-24,36H,2-4,13-16H2,1H3,(H,35,45)(H,39,44)(H,40,46)(H,48,49)(H3,34,37,41,42,47)/t23?,24-/m0/s1. The summed E-state index contributed by atoms with van der Waals surface area (Å²) in [7, 11) is 1.16. The highest BCUT2D eigenvalue weighted by Gasteiger charge is 2.25. The summed E-state index contributed by atoms with van der Waals surface area (Å²) in [5, 5.41) is 31.1. The van der Waals surface area contributed by atoms with Crippen molar-refractivity contribution in [2.45, 2.75) is 50.7 Å². The van der Waals surface area contributed by atoms with E-state index in [9.17, 15) is 44.0 Å². The van der Waals surface area contributed by atoms with Gasteiger partial charge in [0.1, 0.15) is 12.1 Å². The van der Waals surface area contributed by atoms with Crippen LogP contribution in [0.5, 0.6) is 0 Å². The number of ether oxygens (including phenoxy) is 1. The van der Waals surface area contributed by atoms with Crippen molar-refractivity contribution in [1.29, 1.82) is 0 Å². The SMILES string of the molecule is COC(=O)[C@H](CCCCNC(=O)c1ccc([N+](=O)[O-])cc1)NC(=O)CCC(NC(=O)c1ccc(NCc2cnc3nc(N)[nH]c(=O)c3n2)cc1)C(=O)O. The molecule has 278 valence electrons. The van der Waals surface area contributed by atoms with Crippen LogP contribution in [0.2, 0.25) is 0 Å². The summed E-state index contributed by atoms with van der Waals surface area (Å²) < 4.78 is 4.78. The van der Waals surface area contributed by atoms with E-state index in [2.05, 4.69) is 41.2 Å². The fraction of sp³-hybridized carbons (Fsp3) is 0.303. The summed E-state index contributed by atoms with van der Waals surface area (Å²) in [6.07, 6.45) is 1.83. The minimum Gasteiger partial charge on any atom is -0.480 e. The van der Waals surface area contributed by atoms with Crippen molar-refractivity contribution >= 4 is 58.1 Å². The number of anilines is 2. The number of fused-ring (bicyclic) bond motifs is 1. The first-order valence-electron chi connectivity index (χ1n) is 16.1. The second kappa shape index (κ2) is 18.3. The van der Waals surface area contributed by atoms with Crippen molar-refractivity contribution in [2.75, 3.05) is 24.7 Å². The Kier molecular flexibility index (Phi) is 13.4. The topological polar surface area (TPSA) is 304 Å². The fourth-order valence-electron chi connectivity index (χ4n) is 4.93. The quantitative estimate of drug-likeness (QED) is 0.0325. The van der Waals surface area contributed by atoms with E-state index in [0.717, 1.165) is 7.11 Å². The van der Waals surface area contributed by atoms with Crippen LogP contribution in [0.4, 0.5) is 17.3 Å². The van der Waals surface area contributed by atoms with E-state index < -0.39 is 52.2 Å². The number of H-pyrrole nitrogens is 1. The molecule has 0 aliphatic heterocycles. The van der Waals surface area contributed by atoms with Crippen molar-refractivity contribution in [3.05, 3.63) is 92.0 Å². The van der Waals surface area contributed by atoms with Gasteiger partial charge in [-0.1, -0.05) is 0 Å². The number of non-ortho nitro benzene ring substituents is 1. The lowest BCUT2D eigenvalue weighted by atomic mass is 10.1. The molecule has 0 saturated carbocycles. The number of nitrogens with one attached hydrogen (secondary N) is 5. The molecule has 0 spiro atoms. The predicted molar refractivity (Wildman–Crippen MR) is 187 cm³/mol. The molecule has 2 atom stereocenters. The number of amides is 3. The number of unbranched alkanes of at least 4 members (excludes halogenated alkanes) is 1. The number of hydrogen-bond acceptors (Lipinski definition) is 14. The van der Waals surface area contributed by atoms with Crippen molar-refractivity contribution < 1.29 is 38.7 Å². The number of methoxy groups -OCH3 is 1. The Morgan fingerprint density at radius 2 is 1.62 bits per heavy atom. The maximum Gasteiger partial charge on any atom is 0.328 e. The lowest BCUT2D eigenvalue weighted by molar-refractivity contribution is -0.384. The smallest absolute Gasteiger partial charge is 0.328 e. The highest BCUT2D eigenvalue weighted by Crippen LogP contribution is 2.14. The summed E-state index contributed by atoms with van der Waals surface area (Å²) in [5.41, 5.74) is 6.40. The molecule has 0 aliphatic carbocycles. The Balaban J connectivity index is 1.21. The Bertz CT molecular complexity index is 2040. The highest BCUT2D eigenvalue weighted by atomic mass is 16.6. The van der Waals surface area contributed by atoms with Gasteiger partial charge < -0.3 is 36.8 Å². The second-order valence-corrected chi connectivity index (χ2v) is 11.5. The van der Waals surface area contributed by atoms with Gasteiger partial charge in [0, 0.05) is 41.9 Å². The number of rotatable bonds is 18. The van der Waals surface area contributed by atoms with Gasteiger partial charge in [0.25, 0.3) is 23.1 Å². The molecule has 4 aromatic rings. The number of carboxylic acid groups (broad SMARTS) is 1. The third-order valence-corrected chi connectivity index (χ3v) is 7.74. The van der Waals surface area contributed by atoms with Crippen LogP contribution >= 0.6 is 0 Å². The molecule has 0 radical (unpaired) electrons. The van der Waals surface area contributed by atoms with Gasteiger partial charge in [-0.3, -0.25) is 34.3 Å². The van der Waals surface area contributed by atoms with E-state index in [4.69, 9.17) is 10.5 Å². The van der Waals surface area contributed by atoms with Crippen LogP contribution in [-0.2, 0) is 25.7 Å². The number of nitrogen functional groups attached to an aromatic ring is 1. The molecule has 8 N–H and O–H groups in total. The van der Waals surface area contributed by atoms with Crippen molar-refractivity contribution in [3.8, 4) is 0 Å². The predicted octanol–water partition coefficient (Wildman–Crippen LogP) is 1.04. The Morgan fingerprint density at radius 3 is 2.28 bits per heavy atom. The van der Waals surface area contributed by atoms with Gasteiger partial charge in [0.05, 0.1) is 30.5 Å². The monoisotopic (exact) mass is 732 g/mol. The normalized spacial score (nSPS) is 11.9. The van der Waals surface area contributed by atoms with Crippen LogP contribution < -0.4 is 32.6 Å². The molecule has 0 fully saturated rings. The Labute approximate surface area is 300 Å². The summed E-state index contributed by atoms with van der Waals surface area (Å²) >= 11 is 0. The molecule has 4 rings (SSSR count). The number of benzene rings is 2. The molecular formula is C33H36N10O10. The summed E-state index contributed by atoms with van der Waals surface area (Å²) in [6, 6.07) is 8.76. The maximum absolute atomic E-state index is 12.8. The number of nitro groups is 1. The van der Waals surface area contributed by atoms with E-state index in [1.165, 1.54) is 42.6 Å². The minimum absolute atomic E-state index is 0.0266. The van der Waals surface area contributed by atoms with E-state index in [0.29, 0.717) is 24.2 Å². The molecule has 53 heavy (non-hydrogen) atoms. The average Bonchev–Trinajstić information content (AvgIpc) is 3.14. The van der Waals surface area contributed by atoms with Gasteiger partial charge in [-0.2, -0.15) is 4.98 Å². The molecule has 2 heterocycles. The third-order valence-electron chi connectivity index (χ3n) is 7.74. The zero-order valence-electron chi connectivity index (χ0n) is 28.3. The number of hydrogen-bond donors (Lipinski definition) is 7. The minimum atomic E-state index is -1.42. The zero-order chi connectivity index (χ0) is 38.5. The number of aromatic amines is 1. The molecule has 1 unspecified atom stereocenters. The first kappa shape index (κ1) is 38.8. The number of esters is 1. The molecule has 2 aromatic carbocycles. The largest absolute Gasteiger partial charge is 0.480 e. The summed E-state index contributed by atoms with van der Waals surface area (Å²) in [4.78, 5) is 98.9. The molecular weight excluding hydrogens is 696 g/mol. The number of nitrogens with zero attached hydrogens (tertiary/aromatic N) is 4. The lowest BCUT2D eigenvalue weighted by Crippen LogP contribution is -2.44. The van der Waals surface area contributed by atoms with Crippen LogP contribution in [0.1, 0.15) is 58.5 Å². The van der Waals surface area contributed by atoms with E-state index in [1.54, 1.807) is 12.1 Å². The van der Waals surface area contributed by atoms with Gasteiger partial charge in [0.15, 0.2) is 11.2 Å². The number of carbonyl (C=O) groups is 5. The number of aliphatic carboxylic acids is 1. The summed E-state index contributed by atoms with van der Waals surface area (Å²) in [6.45, 7) is 0.415. The van der Waals surface area contributed by atoms with Crippen LogP contribution in [0, 0.1) is 10.1 Å². The number of nitrogens with two attached hydrogens (primary N) is 1. The molecule has 20 heteroatoms. The second-order valence-electron chi connectivity index (χ2n) is 11.5. The Morgan fingerprint density at radius 1 is 0.943 bits per heavy atom. The molecule has 0 saturated heterocycles. The van der Waals surface area contributed by atoms with Gasteiger partial charge in [-0.25, -0.2) is 19.6 Å². The van der Waals surface area contributed by atoms with Crippen molar-refractivity contribution in [2.24, 2.45) is 0 Å². The first-order chi connectivity index (χ1) is 25.3. The van der Waals surface area contributed by atoms with Crippen molar-refractivity contribution in [3.63, 3.8) is 0 Å². The van der Waals surface area contributed by atoms with Gasteiger partial charge in [-0.15, -0.1) is 0 Å². The van der Waals surface area contributed by atoms with E-state index in [-0.39, 0.29) is 66.3 Å². The number of carbonyl (C=O) groups excluding carboxylic acids is 4. The molecule has 0 aliphatic rings. The lowest BCUT2D eigenvalue weighted by Gasteiger charge is -2.18. The van der Waals surface area contributed by atoms with Crippen LogP contribution in [-0.4, -0.2) is 85.4 Å². The van der Waals surface area contributed by atoms with E-state index >= 15 is 0 Å². The van der Waals surface area contributed by atoms with Crippen molar-refractivity contribution in [1.82, 2.24) is 35.9 Å². The third kappa shape index (κ3) is 11.3. The number of carboxylic acids is 1. The van der Waals surface area contributed by atoms with Crippen LogP contribution in [0.3, 0.4) is 0 Å².